The van der Waals surface area contributed by atoms with E-state index in [0.717, 1.165) is 37.1 Å². The predicted molar refractivity (Wildman–Crippen MR) is 69.6 cm³/mol. The number of ether oxygens (including phenoxy) is 1. The lowest BCUT2D eigenvalue weighted by molar-refractivity contribution is 0.0609. The molecule has 16 heavy (non-hydrogen) atoms. The van der Waals surface area contributed by atoms with Gasteiger partial charge in [-0.1, -0.05) is 0 Å². The second-order valence-electron chi connectivity index (χ2n) is 4.02. The lowest BCUT2D eigenvalue weighted by Crippen LogP contribution is -2.27. The number of halogens is 2. The van der Waals surface area contributed by atoms with Gasteiger partial charge >= 0.3 is 0 Å². The zero-order valence-corrected chi connectivity index (χ0v) is 12.0. The molecule has 0 atom stereocenters. The highest BCUT2D eigenvalue weighted by Crippen LogP contribution is 2.18. The molecule has 0 bridgehead atoms. The van der Waals surface area contributed by atoms with Crippen LogP contribution in [0.4, 0.5) is 0 Å². The third-order valence-corrected chi connectivity index (χ3v) is 3.81. The second-order valence-corrected chi connectivity index (χ2v) is 5.79. The minimum atomic E-state index is 0.0368. The van der Waals surface area contributed by atoms with Gasteiger partial charge in [-0.25, -0.2) is 0 Å². The van der Waals surface area contributed by atoms with Crippen molar-refractivity contribution < 1.29 is 4.74 Å². The fourth-order valence-corrected chi connectivity index (χ4v) is 3.17. The van der Waals surface area contributed by atoms with Crippen LogP contribution in [0.2, 0.25) is 0 Å². The van der Waals surface area contributed by atoms with E-state index >= 15 is 0 Å². The van der Waals surface area contributed by atoms with Crippen molar-refractivity contribution in [2.24, 2.45) is 5.92 Å². The van der Waals surface area contributed by atoms with Crippen LogP contribution in [0.1, 0.15) is 12.8 Å². The van der Waals surface area contributed by atoms with E-state index in [4.69, 9.17) is 4.74 Å². The van der Waals surface area contributed by atoms with Crippen molar-refractivity contribution in [1.82, 2.24) is 4.57 Å². The molecule has 0 amide bonds. The Morgan fingerprint density at radius 3 is 2.75 bits per heavy atom. The van der Waals surface area contributed by atoms with Crippen LogP contribution in [0, 0.1) is 5.92 Å². The summed E-state index contributed by atoms with van der Waals surface area (Å²) in [7, 11) is 0. The highest BCUT2D eigenvalue weighted by molar-refractivity contribution is 9.11. The summed E-state index contributed by atoms with van der Waals surface area (Å²) in [5.41, 5.74) is 0.0368. The maximum absolute atomic E-state index is 11.9. The molecule has 1 aliphatic rings. The third-order valence-electron chi connectivity index (χ3n) is 2.80. The van der Waals surface area contributed by atoms with E-state index in [1.165, 1.54) is 0 Å². The van der Waals surface area contributed by atoms with E-state index in [-0.39, 0.29) is 5.56 Å². The number of nitrogens with zero attached hydrogens (tertiary/aromatic N) is 1. The van der Waals surface area contributed by atoms with E-state index < -0.39 is 0 Å². The van der Waals surface area contributed by atoms with E-state index in [9.17, 15) is 4.79 Å². The van der Waals surface area contributed by atoms with Crippen LogP contribution in [-0.2, 0) is 11.3 Å². The molecule has 88 valence electrons. The summed E-state index contributed by atoms with van der Waals surface area (Å²) in [6, 6.07) is 1.78. The van der Waals surface area contributed by atoms with Crippen LogP contribution in [0.25, 0.3) is 0 Å². The Kier molecular flexibility index (Phi) is 4.21. The van der Waals surface area contributed by atoms with Gasteiger partial charge in [0.25, 0.3) is 5.56 Å². The Hall–Kier alpha value is -0.130. The van der Waals surface area contributed by atoms with Crippen molar-refractivity contribution in [3.63, 3.8) is 0 Å². The molecule has 0 radical (unpaired) electrons. The Morgan fingerprint density at radius 1 is 1.38 bits per heavy atom. The summed E-state index contributed by atoms with van der Waals surface area (Å²) in [6.45, 7) is 2.41. The zero-order chi connectivity index (χ0) is 11.5. The first kappa shape index (κ1) is 12.3. The standard InChI is InChI=1S/C11H13Br2NO2/c12-9-5-10(13)11(15)14(7-9)6-8-1-3-16-4-2-8/h5,7-8H,1-4,6H2. The van der Waals surface area contributed by atoms with E-state index in [2.05, 4.69) is 31.9 Å². The van der Waals surface area contributed by atoms with Crippen molar-refractivity contribution in [3.8, 4) is 0 Å². The van der Waals surface area contributed by atoms with Crippen molar-refractivity contribution >= 4 is 31.9 Å². The van der Waals surface area contributed by atoms with Crippen LogP contribution in [0.5, 0.6) is 0 Å². The normalized spacial score (nSPS) is 17.6. The minimum Gasteiger partial charge on any atom is -0.381 e. The molecule has 0 spiro atoms. The van der Waals surface area contributed by atoms with Gasteiger partial charge in [-0.05, 0) is 56.7 Å². The van der Waals surface area contributed by atoms with Gasteiger partial charge in [0.2, 0.25) is 0 Å². The maximum atomic E-state index is 11.9. The highest BCUT2D eigenvalue weighted by atomic mass is 79.9. The smallest absolute Gasteiger partial charge is 0.264 e. The molecule has 1 aliphatic heterocycles. The highest BCUT2D eigenvalue weighted by Gasteiger charge is 2.15. The number of pyridine rings is 1. The number of aromatic nitrogens is 1. The molecule has 0 saturated carbocycles. The summed E-state index contributed by atoms with van der Waals surface area (Å²) < 4.78 is 8.60. The molecular weight excluding hydrogens is 338 g/mol. The van der Waals surface area contributed by atoms with Gasteiger partial charge in [0.1, 0.15) is 0 Å². The number of rotatable bonds is 2. The Morgan fingerprint density at radius 2 is 2.06 bits per heavy atom. The zero-order valence-electron chi connectivity index (χ0n) is 8.79. The average molecular weight is 351 g/mol. The summed E-state index contributed by atoms with van der Waals surface area (Å²) >= 11 is 6.67. The van der Waals surface area contributed by atoms with Crippen LogP contribution in [-0.4, -0.2) is 17.8 Å². The first-order valence-corrected chi connectivity index (χ1v) is 6.88. The first-order chi connectivity index (χ1) is 7.66. The molecule has 0 unspecified atom stereocenters. The largest absolute Gasteiger partial charge is 0.381 e. The Balaban J connectivity index is 2.17. The van der Waals surface area contributed by atoms with Crippen LogP contribution in [0.3, 0.4) is 0 Å². The molecule has 1 saturated heterocycles. The molecule has 5 heteroatoms. The quantitative estimate of drug-likeness (QED) is 0.821. The first-order valence-electron chi connectivity index (χ1n) is 5.30. The van der Waals surface area contributed by atoms with Crippen molar-refractivity contribution in [2.45, 2.75) is 19.4 Å². The molecule has 1 aromatic rings. The fraction of sp³-hybridized carbons (Fsp3) is 0.545. The predicted octanol–water partition coefficient (Wildman–Crippen LogP) is 2.80. The van der Waals surface area contributed by atoms with Crippen LogP contribution < -0.4 is 5.56 Å². The van der Waals surface area contributed by atoms with E-state index in [1.807, 2.05) is 6.20 Å². The van der Waals surface area contributed by atoms with Gasteiger partial charge in [0.05, 0.1) is 4.47 Å². The maximum Gasteiger partial charge on any atom is 0.264 e. The molecule has 2 rings (SSSR count). The minimum absolute atomic E-state index is 0.0368. The van der Waals surface area contributed by atoms with Crippen molar-refractivity contribution in [2.75, 3.05) is 13.2 Å². The fourth-order valence-electron chi connectivity index (χ4n) is 1.91. The van der Waals surface area contributed by atoms with E-state index in [1.54, 1.807) is 10.6 Å². The Bertz CT molecular complexity index is 424. The molecule has 1 fully saturated rings. The van der Waals surface area contributed by atoms with Crippen molar-refractivity contribution in [3.05, 3.63) is 31.6 Å². The second kappa shape index (κ2) is 5.47. The van der Waals surface area contributed by atoms with Gasteiger partial charge in [0, 0.05) is 30.4 Å². The van der Waals surface area contributed by atoms with Gasteiger partial charge in [-0.15, -0.1) is 0 Å². The molecular formula is C11H13Br2NO2. The molecule has 3 nitrogen and oxygen atoms in total. The summed E-state index contributed by atoms with van der Waals surface area (Å²) in [5.74, 6) is 0.549. The topological polar surface area (TPSA) is 31.2 Å². The molecule has 0 aliphatic carbocycles. The summed E-state index contributed by atoms with van der Waals surface area (Å²) in [6.07, 6.45) is 3.93. The monoisotopic (exact) mass is 349 g/mol. The number of hydrogen-bond acceptors (Lipinski definition) is 2. The SMILES string of the molecule is O=c1c(Br)cc(Br)cn1CC1CCOCC1. The van der Waals surface area contributed by atoms with E-state index in [0.29, 0.717) is 10.4 Å². The van der Waals surface area contributed by atoms with Gasteiger partial charge in [-0.2, -0.15) is 0 Å². The lowest BCUT2D eigenvalue weighted by Gasteiger charge is -2.22. The summed E-state index contributed by atoms with van der Waals surface area (Å²) in [5, 5.41) is 0. The summed E-state index contributed by atoms with van der Waals surface area (Å²) in [4.78, 5) is 11.9. The third kappa shape index (κ3) is 2.96. The molecule has 1 aromatic heterocycles. The number of hydrogen-bond donors (Lipinski definition) is 0. The van der Waals surface area contributed by atoms with Crippen LogP contribution >= 0.6 is 31.9 Å². The molecule has 2 heterocycles. The average Bonchev–Trinajstić information content (AvgIpc) is 2.27. The Labute approximate surface area is 111 Å². The van der Waals surface area contributed by atoms with Crippen LogP contribution in [0.15, 0.2) is 26.0 Å². The lowest BCUT2D eigenvalue weighted by atomic mass is 10.0. The molecule has 0 aromatic carbocycles. The van der Waals surface area contributed by atoms with Crippen molar-refractivity contribution in [1.29, 1.82) is 0 Å². The van der Waals surface area contributed by atoms with Gasteiger partial charge in [0.15, 0.2) is 0 Å². The van der Waals surface area contributed by atoms with Gasteiger partial charge in [-0.3, -0.25) is 4.79 Å². The van der Waals surface area contributed by atoms with Gasteiger partial charge < -0.3 is 9.30 Å². The molecule has 0 N–H and O–H groups in total.